The molecule has 2 aromatic carbocycles. The van der Waals surface area contributed by atoms with Gasteiger partial charge < -0.3 is 24.6 Å². The number of aliphatic carboxylic acids is 1. The first-order valence-corrected chi connectivity index (χ1v) is 10.7. The van der Waals surface area contributed by atoms with Crippen LogP contribution >= 0.6 is 0 Å². The fraction of sp³-hybridized carbons (Fsp3) is 0.440. The summed E-state index contributed by atoms with van der Waals surface area (Å²) in [6.45, 7) is 3.96. The molecule has 174 valence electrons. The number of carbonyl (C=O) groups is 2. The number of aryl methyl sites for hydroxylation is 1. The molecule has 7 heteroatoms. The number of hydrogen-bond donors (Lipinski definition) is 2. The van der Waals surface area contributed by atoms with Crippen molar-refractivity contribution in [3.8, 4) is 11.5 Å². The van der Waals surface area contributed by atoms with E-state index in [1.54, 1.807) is 31.3 Å². The second-order valence-electron chi connectivity index (χ2n) is 8.07. The van der Waals surface area contributed by atoms with E-state index in [0.29, 0.717) is 36.6 Å². The van der Waals surface area contributed by atoms with Crippen LogP contribution in [-0.2, 0) is 11.2 Å². The van der Waals surface area contributed by atoms with Crippen molar-refractivity contribution in [3.63, 3.8) is 0 Å². The van der Waals surface area contributed by atoms with Gasteiger partial charge in [0.25, 0.3) is 5.91 Å². The smallest absolute Gasteiger partial charge is 0.335 e. The molecule has 0 aliphatic rings. The lowest BCUT2D eigenvalue weighted by Gasteiger charge is -2.25. The Morgan fingerprint density at radius 1 is 1.00 bits per heavy atom. The zero-order valence-corrected chi connectivity index (χ0v) is 19.3. The Hall–Kier alpha value is -3.06. The molecule has 0 bridgehead atoms. The summed E-state index contributed by atoms with van der Waals surface area (Å²) in [6, 6.07) is 13.4. The van der Waals surface area contributed by atoms with Gasteiger partial charge in [-0.1, -0.05) is 30.3 Å². The summed E-state index contributed by atoms with van der Waals surface area (Å²) in [5, 5.41) is 19.2. The Bertz CT molecular complexity index is 885. The summed E-state index contributed by atoms with van der Waals surface area (Å²) in [7, 11) is 3.09. The number of rotatable bonds is 12. The molecule has 0 saturated carbocycles. The van der Waals surface area contributed by atoms with Crippen molar-refractivity contribution >= 4 is 11.9 Å². The fourth-order valence-electron chi connectivity index (χ4n) is 3.55. The monoisotopic (exact) mass is 443 g/mol. The average molecular weight is 444 g/mol. The Balaban J connectivity index is 2.18. The van der Waals surface area contributed by atoms with Crippen molar-refractivity contribution < 1.29 is 29.3 Å². The van der Waals surface area contributed by atoms with Gasteiger partial charge in [0.05, 0.1) is 14.2 Å². The van der Waals surface area contributed by atoms with Gasteiger partial charge in [0.2, 0.25) is 0 Å². The summed E-state index contributed by atoms with van der Waals surface area (Å²) >= 11 is 0. The van der Waals surface area contributed by atoms with E-state index < -0.39 is 11.6 Å². The SMILES string of the molecule is COc1cc(C(=O)N(CCCc2ccccc2)CCCC(C)(O)C(=O)O)cc(OC)c1C. The number of aliphatic hydroxyl groups is 1. The second kappa shape index (κ2) is 11.5. The van der Waals surface area contributed by atoms with Gasteiger partial charge >= 0.3 is 5.97 Å². The highest BCUT2D eigenvalue weighted by atomic mass is 16.5. The minimum atomic E-state index is -1.82. The van der Waals surface area contributed by atoms with Crippen LogP contribution in [-0.4, -0.2) is 59.9 Å². The van der Waals surface area contributed by atoms with Gasteiger partial charge in [-0.3, -0.25) is 4.79 Å². The molecule has 0 spiro atoms. The van der Waals surface area contributed by atoms with Gasteiger partial charge in [-0.2, -0.15) is 0 Å². The largest absolute Gasteiger partial charge is 0.496 e. The van der Waals surface area contributed by atoms with E-state index in [0.717, 1.165) is 18.4 Å². The number of carbonyl (C=O) groups excluding carboxylic acids is 1. The molecule has 1 amide bonds. The van der Waals surface area contributed by atoms with Crippen molar-refractivity contribution in [1.29, 1.82) is 0 Å². The summed E-state index contributed by atoms with van der Waals surface area (Å²) in [6.07, 6.45) is 1.98. The molecule has 1 atom stereocenters. The molecule has 2 N–H and O–H groups in total. The van der Waals surface area contributed by atoms with Gasteiger partial charge in [0.15, 0.2) is 5.60 Å². The highest BCUT2D eigenvalue weighted by Crippen LogP contribution is 2.30. The molecule has 0 aliphatic heterocycles. The first-order valence-electron chi connectivity index (χ1n) is 10.7. The molecule has 0 aromatic heterocycles. The number of amides is 1. The lowest BCUT2D eigenvalue weighted by atomic mass is 10.00. The van der Waals surface area contributed by atoms with Crippen molar-refractivity contribution in [2.75, 3.05) is 27.3 Å². The van der Waals surface area contributed by atoms with Crippen LogP contribution in [0.3, 0.4) is 0 Å². The Labute approximate surface area is 189 Å². The van der Waals surface area contributed by atoms with E-state index in [9.17, 15) is 14.7 Å². The van der Waals surface area contributed by atoms with Gasteiger partial charge in [-0.25, -0.2) is 4.79 Å². The van der Waals surface area contributed by atoms with Crippen LogP contribution in [0.2, 0.25) is 0 Å². The molecule has 32 heavy (non-hydrogen) atoms. The minimum Gasteiger partial charge on any atom is -0.496 e. The predicted octanol–water partition coefficient (Wildman–Crippen LogP) is 3.70. The number of carboxylic acids is 1. The van der Waals surface area contributed by atoms with E-state index in [2.05, 4.69) is 0 Å². The molecule has 2 aromatic rings. The third-order valence-corrected chi connectivity index (χ3v) is 5.58. The lowest BCUT2D eigenvalue weighted by Crippen LogP contribution is -2.38. The normalized spacial score (nSPS) is 12.7. The van der Waals surface area contributed by atoms with Crippen LogP contribution in [0.4, 0.5) is 0 Å². The third kappa shape index (κ3) is 6.72. The van der Waals surface area contributed by atoms with Crippen LogP contribution < -0.4 is 9.47 Å². The molecule has 0 fully saturated rings. The van der Waals surface area contributed by atoms with Crippen LogP contribution in [0.15, 0.2) is 42.5 Å². The number of carboxylic acid groups (broad SMARTS) is 1. The van der Waals surface area contributed by atoms with Crippen molar-refractivity contribution in [3.05, 3.63) is 59.2 Å². The van der Waals surface area contributed by atoms with E-state index in [1.807, 2.05) is 37.3 Å². The van der Waals surface area contributed by atoms with E-state index in [4.69, 9.17) is 14.6 Å². The molecular formula is C25H33NO6. The maximum Gasteiger partial charge on any atom is 0.335 e. The highest BCUT2D eigenvalue weighted by molar-refractivity contribution is 5.95. The molecule has 0 aliphatic carbocycles. The third-order valence-electron chi connectivity index (χ3n) is 5.58. The van der Waals surface area contributed by atoms with Crippen molar-refractivity contribution in [2.45, 2.75) is 45.1 Å². The average Bonchev–Trinajstić information content (AvgIpc) is 2.78. The number of hydrogen-bond acceptors (Lipinski definition) is 5. The van der Waals surface area contributed by atoms with Crippen LogP contribution in [0.5, 0.6) is 11.5 Å². The Morgan fingerprint density at radius 2 is 1.56 bits per heavy atom. The van der Waals surface area contributed by atoms with Crippen LogP contribution in [0.1, 0.15) is 47.7 Å². The van der Waals surface area contributed by atoms with Gasteiger partial charge in [0.1, 0.15) is 11.5 Å². The first-order chi connectivity index (χ1) is 15.2. The second-order valence-corrected chi connectivity index (χ2v) is 8.07. The Morgan fingerprint density at radius 3 is 2.09 bits per heavy atom. The molecule has 2 rings (SSSR count). The van der Waals surface area contributed by atoms with Gasteiger partial charge in [0, 0.05) is 24.2 Å². The summed E-state index contributed by atoms with van der Waals surface area (Å²) in [5.74, 6) is -0.339. The summed E-state index contributed by atoms with van der Waals surface area (Å²) < 4.78 is 10.8. The topological polar surface area (TPSA) is 96.3 Å². The van der Waals surface area contributed by atoms with E-state index in [1.165, 1.54) is 12.5 Å². The number of ether oxygens (including phenoxy) is 2. The minimum absolute atomic E-state index is 0.0470. The summed E-state index contributed by atoms with van der Waals surface area (Å²) in [5.41, 5.74) is 0.607. The summed E-state index contributed by atoms with van der Waals surface area (Å²) in [4.78, 5) is 26.3. The maximum atomic E-state index is 13.4. The first kappa shape index (κ1) is 25.2. The fourth-order valence-corrected chi connectivity index (χ4v) is 3.55. The molecule has 1 unspecified atom stereocenters. The zero-order chi connectivity index (χ0) is 23.7. The lowest BCUT2D eigenvalue weighted by molar-refractivity contribution is -0.157. The van der Waals surface area contributed by atoms with Crippen molar-refractivity contribution in [1.82, 2.24) is 4.90 Å². The van der Waals surface area contributed by atoms with Crippen LogP contribution in [0.25, 0.3) is 0 Å². The van der Waals surface area contributed by atoms with Crippen molar-refractivity contribution in [2.24, 2.45) is 0 Å². The number of benzene rings is 2. The predicted molar refractivity (Wildman–Crippen MR) is 122 cm³/mol. The molecule has 0 heterocycles. The quantitative estimate of drug-likeness (QED) is 0.519. The van der Waals surface area contributed by atoms with Gasteiger partial charge in [-0.15, -0.1) is 0 Å². The Kier molecular flexibility index (Phi) is 9.08. The maximum absolute atomic E-state index is 13.4. The van der Waals surface area contributed by atoms with E-state index in [-0.39, 0.29) is 12.3 Å². The molecule has 7 nitrogen and oxygen atoms in total. The van der Waals surface area contributed by atoms with E-state index >= 15 is 0 Å². The molecule has 0 saturated heterocycles. The van der Waals surface area contributed by atoms with Gasteiger partial charge in [-0.05, 0) is 57.2 Å². The van der Waals surface area contributed by atoms with Crippen LogP contribution in [0, 0.1) is 6.92 Å². The zero-order valence-electron chi connectivity index (χ0n) is 19.3. The molecular weight excluding hydrogens is 410 g/mol. The number of nitrogens with zero attached hydrogens (tertiary/aromatic N) is 1. The number of methoxy groups -OCH3 is 2. The molecule has 0 radical (unpaired) electrons. The highest BCUT2D eigenvalue weighted by Gasteiger charge is 2.29. The standard InChI is InChI=1S/C25H33NO6/c1-18-21(31-3)16-20(17-22(18)32-4)23(27)26(15-9-13-25(2,30)24(28)29)14-8-12-19-10-6-5-7-11-19/h5-7,10-11,16-17,30H,8-9,12-15H2,1-4H3,(H,28,29).